The van der Waals surface area contributed by atoms with Crippen LogP contribution in [0.1, 0.15) is 42.7 Å². The summed E-state index contributed by atoms with van der Waals surface area (Å²) in [6.45, 7) is 5.86. The van der Waals surface area contributed by atoms with Gasteiger partial charge in [-0.1, -0.05) is 26.0 Å². The molecule has 0 aliphatic carbocycles. The highest BCUT2D eigenvalue weighted by Crippen LogP contribution is 2.17. The average Bonchev–Trinajstić information content (AvgIpc) is 3.27. The molecule has 3 N–H and O–H groups in total. The Hall–Kier alpha value is -2.41. The number of aryl methyl sites for hydroxylation is 1. The van der Waals surface area contributed by atoms with E-state index < -0.39 is 0 Å². The van der Waals surface area contributed by atoms with Crippen LogP contribution in [0.2, 0.25) is 0 Å². The summed E-state index contributed by atoms with van der Waals surface area (Å²) < 4.78 is 0. The standard InChI is InChI=1S/C19H26N6S/c1-13(2)16-12-26-18(25-16)11-22-19(20-3)21-10-6-9-17-23-14-7-4-5-8-15(14)24-17/h4-5,7-8,12-13H,6,9-11H2,1-3H3,(H,23,24)(H2,20,21,22). The highest BCUT2D eigenvalue weighted by molar-refractivity contribution is 7.09. The Morgan fingerprint density at radius 1 is 1.23 bits per heavy atom. The Morgan fingerprint density at radius 2 is 2.08 bits per heavy atom. The molecule has 0 saturated carbocycles. The molecule has 0 amide bonds. The maximum Gasteiger partial charge on any atom is 0.191 e. The van der Waals surface area contributed by atoms with Crippen molar-refractivity contribution in [2.75, 3.05) is 13.6 Å². The van der Waals surface area contributed by atoms with Crippen molar-refractivity contribution >= 4 is 28.3 Å². The third-order valence-electron chi connectivity index (χ3n) is 4.11. The maximum absolute atomic E-state index is 4.63. The summed E-state index contributed by atoms with van der Waals surface area (Å²) in [6.07, 6.45) is 1.89. The fourth-order valence-corrected chi connectivity index (χ4v) is 3.53. The largest absolute Gasteiger partial charge is 0.356 e. The van der Waals surface area contributed by atoms with Gasteiger partial charge < -0.3 is 15.6 Å². The van der Waals surface area contributed by atoms with Gasteiger partial charge >= 0.3 is 0 Å². The van der Waals surface area contributed by atoms with E-state index in [0.717, 1.165) is 52.9 Å². The van der Waals surface area contributed by atoms with Crippen LogP contribution < -0.4 is 10.6 Å². The number of nitrogens with one attached hydrogen (secondary N) is 3. The number of imidazole rings is 1. The van der Waals surface area contributed by atoms with Crippen LogP contribution in [0.25, 0.3) is 11.0 Å². The molecule has 3 rings (SSSR count). The van der Waals surface area contributed by atoms with Gasteiger partial charge in [0.05, 0.1) is 23.3 Å². The molecule has 26 heavy (non-hydrogen) atoms. The first-order chi connectivity index (χ1) is 12.7. The Morgan fingerprint density at radius 3 is 2.81 bits per heavy atom. The molecular formula is C19H26N6S. The molecule has 0 aliphatic rings. The molecule has 0 bridgehead atoms. The third kappa shape index (κ3) is 4.82. The van der Waals surface area contributed by atoms with E-state index in [-0.39, 0.29) is 0 Å². The zero-order chi connectivity index (χ0) is 18.4. The number of para-hydroxylation sites is 2. The fourth-order valence-electron chi connectivity index (χ4n) is 2.64. The van der Waals surface area contributed by atoms with Gasteiger partial charge in [0, 0.05) is 25.4 Å². The molecule has 0 radical (unpaired) electrons. The highest BCUT2D eigenvalue weighted by atomic mass is 32.1. The van der Waals surface area contributed by atoms with E-state index in [4.69, 9.17) is 0 Å². The van der Waals surface area contributed by atoms with E-state index in [0.29, 0.717) is 12.5 Å². The van der Waals surface area contributed by atoms with Gasteiger partial charge in [0.25, 0.3) is 0 Å². The van der Waals surface area contributed by atoms with Crippen molar-refractivity contribution in [1.82, 2.24) is 25.6 Å². The second-order valence-electron chi connectivity index (χ2n) is 6.48. The highest BCUT2D eigenvalue weighted by Gasteiger charge is 2.06. The molecule has 0 atom stereocenters. The number of guanidine groups is 1. The molecule has 2 heterocycles. The number of hydrogen-bond donors (Lipinski definition) is 3. The minimum absolute atomic E-state index is 0.468. The van der Waals surface area contributed by atoms with E-state index in [1.807, 2.05) is 18.2 Å². The lowest BCUT2D eigenvalue weighted by Crippen LogP contribution is -2.37. The lowest BCUT2D eigenvalue weighted by atomic mass is 10.2. The number of aliphatic imine (C=N–C) groups is 1. The number of rotatable bonds is 7. The quantitative estimate of drug-likeness (QED) is 0.338. The van der Waals surface area contributed by atoms with E-state index in [9.17, 15) is 0 Å². The number of thiazole rings is 1. The van der Waals surface area contributed by atoms with Gasteiger partial charge in [0.1, 0.15) is 10.8 Å². The van der Waals surface area contributed by atoms with Crippen molar-refractivity contribution in [2.24, 2.45) is 4.99 Å². The summed E-state index contributed by atoms with van der Waals surface area (Å²) in [7, 11) is 1.79. The first-order valence-electron chi connectivity index (χ1n) is 8.98. The normalized spacial score (nSPS) is 12.1. The molecule has 2 aromatic heterocycles. The van der Waals surface area contributed by atoms with Gasteiger partial charge in [-0.05, 0) is 24.5 Å². The van der Waals surface area contributed by atoms with Gasteiger partial charge in [-0.2, -0.15) is 0 Å². The van der Waals surface area contributed by atoms with Gasteiger partial charge in [0.15, 0.2) is 5.96 Å². The van der Waals surface area contributed by atoms with Gasteiger partial charge in [-0.3, -0.25) is 4.99 Å². The van der Waals surface area contributed by atoms with Crippen LogP contribution in [-0.4, -0.2) is 34.5 Å². The minimum Gasteiger partial charge on any atom is -0.356 e. The summed E-state index contributed by atoms with van der Waals surface area (Å²) >= 11 is 1.69. The molecule has 0 fully saturated rings. The summed E-state index contributed by atoms with van der Waals surface area (Å²) in [6, 6.07) is 8.12. The lowest BCUT2D eigenvalue weighted by molar-refractivity contribution is 0.724. The van der Waals surface area contributed by atoms with Crippen LogP contribution in [-0.2, 0) is 13.0 Å². The first kappa shape index (κ1) is 18.4. The maximum atomic E-state index is 4.63. The summed E-state index contributed by atoms with van der Waals surface area (Å²) in [5, 5.41) is 9.88. The van der Waals surface area contributed by atoms with Crippen molar-refractivity contribution in [2.45, 2.75) is 39.2 Å². The molecule has 3 aromatic rings. The van der Waals surface area contributed by atoms with E-state index >= 15 is 0 Å². The van der Waals surface area contributed by atoms with Crippen LogP contribution in [0.15, 0.2) is 34.6 Å². The summed E-state index contributed by atoms with van der Waals surface area (Å²) in [5.74, 6) is 2.30. The molecule has 0 saturated heterocycles. The van der Waals surface area contributed by atoms with Gasteiger partial charge in [-0.15, -0.1) is 11.3 Å². The van der Waals surface area contributed by atoms with Crippen LogP contribution in [0, 0.1) is 0 Å². The van der Waals surface area contributed by atoms with Crippen LogP contribution in [0.3, 0.4) is 0 Å². The van der Waals surface area contributed by atoms with Crippen molar-refractivity contribution < 1.29 is 0 Å². The number of nitrogens with zero attached hydrogens (tertiary/aromatic N) is 3. The molecule has 138 valence electrons. The molecule has 6 nitrogen and oxygen atoms in total. The molecule has 1 aromatic carbocycles. The third-order valence-corrected chi connectivity index (χ3v) is 4.98. The predicted octanol–water partition coefficient (Wildman–Crippen LogP) is 3.44. The molecule has 0 aliphatic heterocycles. The Balaban J connectivity index is 1.41. The fraction of sp³-hybridized carbons (Fsp3) is 0.421. The van der Waals surface area contributed by atoms with Crippen molar-refractivity contribution in [3.63, 3.8) is 0 Å². The zero-order valence-electron chi connectivity index (χ0n) is 15.5. The summed E-state index contributed by atoms with van der Waals surface area (Å²) in [5.41, 5.74) is 3.27. The summed E-state index contributed by atoms with van der Waals surface area (Å²) in [4.78, 5) is 16.9. The number of H-pyrrole nitrogens is 1. The monoisotopic (exact) mass is 370 g/mol. The van der Waals surface area contributed by atoms with Crippen molar-refractivity contribution in [3.8, 4) is 0 Å². The second kappa shape index (κ2) is 8.80. The Bertz CT molecular complexity index is 831. The molecular weight excluding hydrogens is 344 g/mol. The Kier molecular flexibility index (Phi) is 6.22. The van der Waals surface area contributed by atoms with Crippen LogP contribution >= 0.6 is 11.3 Å². The molecule has 0 unspecified atom stereocenters. The van der Waals surface area contributed by atoms with E-state index in [1.165, 1.54) is 0 Å². The number of benzene rings is 1. The Labute approximate surface area is 158 Å². The topological polar surface area (TPSA) is 78.0 Å². The predicted molar refractivity (Wildman–Crippen MR) is 109 cm³/mol. The van der Waals surface area contributed by atoms with Crippen molar-refractivity contribution in [3.05, 3.63) is 46.2 Å². The molecule has 0 spiro atoms. The lowest BCUT2D eigenvalue weighted by Gasteiger charge is -2.10. The van der Waals surface area contributed by atoms with Gasteiger partial charge in [0.2, 0.25) is 0 Å². The van der Waals surface area contributed by atoms with Crippen molar-refractivity contribution in [1.29, 1.82) is 0 Å². The molecule has 7 heteroatoms. The number of aromatic amines is 1. The zero-order valence-corrected chi connectivity index (χ0v) is 16.4. The second-order valence-corrected chi connectivity index (χ2v) is 7.42. The SMILES string of the molecule is CN=C(NCCCc1nc2ccccc2[nH]1)NCc1nc(C(C)C)cs1. The number of aromatic nitrogens is 3. The van der Waals surface area contributed by atoms with E-state index in [1.54, 1.807) is 18.4 Å². The smallest absolute Gasteiger partial charge is 0.191 e. The van der Waals surface area contributed by atoms with Crippen LogP contribution in [0.4, 0.5) is 0 Å². The van der Waals surface area contributed by atoms with Crippen LogP contribution in [0.5, 0.6) is 0 Å². The van der Waals surface area contributed by atoms with E-state index in [2.05, 4.69) is 55.9 Å². The first-order valence-corrected chi connectivity index (χ1v) is 9.86. The number of hydrogen-bond acceptors (Lipinski definition) is 4. The number of fused-ring (bicyclic) bond motifs is 1. The van der Waals surface area contributed by atoms with Gasteiger partial charge in [-0.25, -0.2) is 9.97 Å². The average molecular weight is 371 g/mol. The minimum atomic E-state index is 0.468.